The van der Waals surface area contributed by atoms with Gasteiger partial charge in [-0.3, -0.25) is 4.68 Å². The monoisotopic (exact) mass is 322 g/mol. The lowest BCUT2D eigenvalue weighted by Gasteiger charge is -2.26. The molecule has 0 radical (unpaired) electrons. The molecule has 20 heavy (non-hydrogen) atoms. The fourth-order valence-electron chi connectivity index (χ4n) is 2.57. The molecule has 0 saturated heterocycles. The molecular weight excluding hydrogens is 300 g/mol. The van der Waals surface area contributed by atoms with Crippen LogP contribution in [0.1, 0.15) is 24.2 Å². The Morgan fingerprint density at radius 2 is 2.00 bits per heavy atom. The van der Waals surface area contributed by atoms with E-state index in [0.29, 0.717) is 28.7 Å². The van der Waals surface area contributed by atoms with Crippen molar-refractivity contribution in [3.63, 3.8) is 0 Å². The minimum absolute atomic E-state index is 0. The first-order valence-electron chi connectivity index (χ1n) is 6.49. The van der Waals surface area contributed by atoms with Gasteiger partial charge in [-0.2, -0.15) is 9.40 Å². The van der Waals surface area contributed by atoms with Crippen LogP contribution in [0.5, 0.6) is 0 Å². The molecule has 8 heteroatoms. The van der Waals surface area contributed by atoms with Crippen molar-refractivity contribution in [2.24, 2.45) is 18.7 Å². The van der Waals surface area contributed by atoms with Crippen LogP contribution in [-0.4, -0.2) is 42.1 Å². The molecule has 2 rings (SSSR count). The van der Waals surface area contributed by atoms with E-state index in [2.05, 4.69) is 5.10 Å². The zero-order chi connectivity index (χ0) is 14.4. The molecule has 1 aliphatic rings. The van der Waals surface area contributed by atoms with Gasteiger partial charge in [-0.15, -0.1) is 12.4 Å². The highest BCUT2D eigenvalue weighted by atomic mass is 35.5. The van der Waals surface area contributed by atoms with Crippen LogP contribution >= 0.6 is 12.4 Å². The molecule has 1 unspecified atom stereocenters. The van der Waals surface area contributed by atoms with E-state index in [1.54, 1.807) is 32.6 Å². The van der Waals surface area contributed by atoms with E-state index < -0.39 is 10.0 Å². The van der Waals surface area contributed by atoms with E-state index in [-0.39, 0.29) is 18.4 Å². The van der Waals surface area contributed by atoms with Crippen LogP contribution in [0, 0.1) is 19.8 Å². The van der Waals surface area contributed by atoms with Gasteiger partial charge in [-0.05, 0) is 32.6 Å². The lowest BCUT2D eigenvalue weighted by atomic mass is 10.2. The molecule has 1 saturated carbocycles. The topological polar surface area (TPSA) is 81.2 Å². The van der Waals surface area contributed by atoms with Crippen LogP contribution in [0.15, 0.2) is 4.90 Å². The molecule has 116 valence electrons. The number of aryl methyl sites for hydroxylation is 2. The molecule has 1 atom stereocenters. The molecule has 6 nitrogen and oxygen atoms in total. The van der Waals surface area contributed by atoms with Crippen molar-refractivity contribution >= 4 is 22.4 Å². The predicted molar refractivity (Wildman–Crippen MR) is 80.4 cm³/mol. The Hall–Kier alpha value is -0.630. The highest BCUT2D eigenvalue weighted by Crippen LogP contribution is 2.36. The lowest BCUT2D eigenvalue weighted by molar-refractivity contribution is 0.340. The predicted octanol–water partition coefficient (Wildman–Crippen LogP) is 0.817. The molecule has 0 bridgehead atoms. The fraction of sp³-hybridized carbons (Fsp3) is 0.750. The Labute approximate surface area is 126 Å². The van der Waals surface area contributed by atoms with Crippen molar-refractivity contribution in [2.45, 2.75) is 37.6 Å². The van der Waals surface area contributed by atoms with Gasteiger partial charge in [0.15, 0.2) is 0 Å². The first-order chi connectivity index (χ1) is 8.80. The number of aromatic nitrogens is 2. The maximum absolute atomic E-state index is 12.7. The summed E-state index contributed by atoms with van der Waals surface area (Å²) in [4.78, 5) is 0.316. The molecule has 1 fully saturated rings. The molecule has 1 aliphatic carbocycles. The summed E-state index contributed by atoms with van der Waals surface area (Å²) < 4.78 is 28.5. The van der Waals surface area contributed by atoms with Gasteiger partial charge in [0.1, 0.15) is 4.90 Å². The smallest absolute Gasteiger partial charge is 0.246 e. The molecule has 2 N–H and O–H groups in total. The van der Waals surface area contributed by atoms with Gasteiger partial charge >= 0.3 is 0 Å². The van der Waals surface area contributed by atoms with Crippen molar-refractivity contribution < 1.29 is 8.42 Å². The molecule has 1 heterocycles. The number of halogens is 1. The Kier molecular flexibility index (Phi) is 5.23. The minimum atomic E-state index is -3.53. The van der Waals surface area contributed by atoms with Crippen molar-refractivity contribution in [2.75, 3.05) is 13.6 Å². The van der Waals surface area contributed by atoms with Crippen LogP contribution in [0.3, 0.4) is 0 Å². The summed E-state index contributed by atoms with van der Waals surface area (Å²) in [5.41, 5.74) is 6.95. The van der Waals surface area contributed by atoms with E-state index in [0.717, 1.165) is 12.8 Å². The maximum Gasteiger partial charge on any atom is 0.246 e. The zero-order valence-electron chi connectivity index (χ0n) is 12.3. The largest absolute Gasteiger partial charge is 0.329 e. The average Bonchev–Trinajstić information content (AvgIpc) is 3.09. The Bertz CT molecular complexity index is 581. The van der Waals surface area contributed by atoms with Gasteiger partial charge in [-0.25, -0.2) is 8.42 Å². The van der Waals surface area contributed by atoms with Gasteiger partial charge in [0.25, 0.3) is 0 Å². The van der Waals surface area contributed by atoms with Crippen LogP contribution in [0.2, 0.25) is 0 Å². The summed E-state index contributed by atoms with van der Waals surface area (Å²) in [6.45, 7) is 3.86. The van der Waals surface area contributed by atoms with Gasteiger partial charge in [-0.1, -0.05) is 0 Å². The zero-order valence-corrected chi connectivity index (χ0v) is 14.0. The second-order valence-corrected chi connectivity index (χ2v) is 7.22. The van der Waals surface area contributed by atoms with Crippen LogP contribution < -0.4 is 5.73 Å². The Morgan fingerprint density at radius 1 is 1.45 bits per heavy atom. The third-order valence-corrected chi connectivity index (χ3v) is 6.09. The summed E-state index contributed by atoms with van der Waals surface area (Å²) in [5.74, 6) is 0.405. The molecule has 0 amide bonds. The van der Waals surface area contributed by atoms with Gasteiger partial charge in [0.05, 0.1) is 11.4 Å². The third-order valence-electron chi connectivity index (χ3n) is 3.95. The summed E-state index contributed by atoms with van der Waals surface area (Å²) in [7, 11) is -0.151. The number of nitrogens with zero attached hydrogens (tertiary/aromatic N) is 3. The first kappa shape index (κ1) is 17.4. The molecule has 0 spiro atoms. The van der Waals surface area contributed by atoms with Gasteiger partial charge in [0, 0.05) is 26.7 Å². The number of hydrogen-bond acceptors (Lipinski definition) is 4. The maximum atomic E-state index is 12.7. The van der Waals surface area contributed by atoms with Crippen LogP contribution in [0.4, 0.5) is 0 Å². The van der Waals surface area contributed by atoms with Gasteiger partial charge < -0.3 is 5.73 Å². The quantitative estimate of drug-likeness (QED) is 0.870. The van der Waals surface area contributed by atoms with Crippen molar-refractivity contribution in [3.8, 4) is 0 Å². The standard InChI is InChI=1S/C12H22N4O2S.ClH/c1-8-12(9(2)15(3)14-8)19(17,18)16(4)11(7-13)10-5-6-10;/h10-11H,5-7,13H2,1-4H3;1H. The van der Waals surface area contributed by atoms with E-state index in [9.17, 15) is 8.42 Å². The highest BCUT2D eigenvalue weighted by Gasteiger charge is 2.39. The second kappa shape index (κ2) is 6.01. The number of rotatable bonds is 5. The molecule has 1 aromatic heterocycles. The number of hydrogen-bond donors (Lipinski definition) is 1. The van der Waals surface area contributed by atoms with Crippen LogP contribution in [-0.2, 0) is 17.1 Å². The molecule has 1 aromatic rings. The average molecular weight is 323 g/mol. The van der Waals surface area contributed by atoms with E-state index in [1.165, 1.54) is 4.31 Å². The van der Waals surface area contributed by atoms with Crippen LogP contribution in [0.25, 0.3) is 0 Å². The second-order valence-electron chi connectivity index (χ2n) is 5.29. The number of sulfonamides is 1. The minimum Gasteiger partial charge on any atom is -0.329 e. The molecule has 0 aromatic carbocycles. The number of likely N-dealkylation sites (N-methyl/N-ethyl adjacent to an activating group) is 1. The van der Waals surface area contributed by atoms with Crippen molar-refractivity contribution in [1.29, 1.82) is 0 Å². The van der Waals surface area contributed by atoms with E-state index >= 15 is 0 Å². The summed E-state index contributed by atoms with van der Waals surface area (Å²) in [6.07, 6.45) is 2.12. The Balaban J connectivity index is 0.00000200. The lowest BCUT2D eigenvalue weighted by Crippen LogP contribution is -2.43. The number of nitrogens with two attached hydrogens (primary N) is 1. The van der Waals surface area contributed by atoms with E-state index in [4.69, 9.17) is 5.73 Å². The molecular formula is C12H23ClN4O2S. The summed E-state index contributed by atoms with van der Waals surface area (Å²) >= 11 is 0. The van der Waals surface area contributed by atoms with Crippen molar-refractivity contribution in [3.05, 3.63) is 11.4 Å². The SMILES string of the molecule is Cc1nn(C)c(C)c1S(=O)(=O)N(C)C(CN)C1CC1.Cl. The summed E-state index contributed by atoms with van der Waals surface area (Å²) in [5, 5.41) is 4.18. The summed E-state index contributed by atoms with van der Waals surface area (Å²) in [6, 6.07) is -0.107. The molecule has 0 aliphatic heterocycles. The highest BCUT2D eigenvalue weighted by molar-refractivity contribution is 7.89. The fourth-order valence-corrected chi connectivity index (χ4v) is 4.39. The normalized spacial score (nSPS) is 17.1. The third kappa shape index (κ3) is 2.86. The van der Waals surface area contributed by atoms with Gasteiger partial charge in [0.2, 0.25) is 10.0 Å². The van der Waals surface area contributed by atoms with Crippen molar-refractivity contribution in [1.82, 2.24) is 14.1 Å². The van der Waals surface area contributed by atoms with E-state index in [1.807, 2.05) is 0 Å². The Morgan fingerprint density at radius 3 is 2.35 bits per heavy atom. The first-order valence-corrected chi connectivity index (χ1v) is 7.93.